The van der Waals surface area contributed by atoms with Crippen molar-refractivity contribution in [1.82, 2.24) is 0 Å². The highest BCUT2D eigenvalue weighted by atomic mass is 16.5. The Labute approximate surface area is 254 Å². The maximum Gasteiger partial charge on any atom is 0.338 e. The fraction of sp³-hybridized carbons (Fsp3) is 0.371. The number of hydrogen-bond acceptors (Lipinski definition) is 8. The van der Waals surface area contributed by atoms with Gasteiger partial charge in [0, 0.05) is 0 Å². The van der Waals surface area contributed by atoms with Crippen LogP contribution in [0.15, 0.2) is 74.4 Å². The van der Waals surface area contributed by atoms with E-state index < -0.39 is 23.9 Å². The summed E-state index contributed by atoms with van der Waals surface area (Å²) < 4.78 is 21.2. The molecule has 0 aliphatic heterocycles. The highest BCUT2D eigenvalue weighted by molar-refractivity contribution is 6.00. The van der Waals surface area contributed by atoms with Gasteiger partial charge in [0.25, 0.3) is 0 Å². The summed E-state index contributed by atoms with van der Waals surface area (Å²) in [7, 11) is 1.24. The highest BCUT2D eigenvalue weighted by Crippen LogP contribution is 2.27. The Balaban J connectivity index is 2.44. The molecule has 0 bridgehead atoms. The van der Waals surface area contributed by atoms with Crippen LogP contribution in [0.4, 0.5) is 0 Å². The van der Waals surface area contributed by atoms with Crippen LogP contribution in [0.3, 0.4) is 0 Å². The Morgan fingerprint density at radius 1 is 0.512 bits per heavy atom. The Morgan fingerprint density at radius 3 is 1.09 bits per heavy atom. The monoisotopic (exact) mass is 590 g/mol. The molecule has 2 aromatic rings. The second-order valence-corrected chi connectivity index (χ2v) is 9.85. The molecular formula is C35H42O8. The second kappa shape index (κ2) is 19.6. The average molecular weight is 591 g/mol. The molecular weight excluding hydrogens is 548 g/mol. The van der Waals surface area contributed by atoms with Crippen molar-refractivity contribution in [2.75, 3.05) is 26.9 Å². The van der Waals surface area contributed by atoms with Gasteiger partial charge in [0.1, 0.15) is 0 Å². The highest BCUT2D eigenvalue weighted by Gasteiger charge is 2.19. The molecule has 0 aliphatic rings. The van der Waals surface area contributed by atoms with Crippen LogP contribution in [0.2, 0.25) is 0 Å². The summed E-state index contributed by atoms with van der Waals surface area (Å²) in [5, 5.41) is 0. The van der Waals surface area contributed by atoms with Crippen molar-refractivity contribution in [3.05, 3.63) is 96.6 Å². The molecule has 2 aromatic carbocycles. The van der Waals surface area contributed by atoms with Gasteiger partial charge in [0.15, 0.2) is 0 Å². The lowest BCUT2D eigenvalue weighted by Gasteiger charge is -2.13. The van der Waals surface area contributed by atoms with E-state index in [0.717, 1.165) is 38.5 Å². The van der Waals surface area contributed by atoms with Crippen LogP contribution in [0.1, 0.15) is 99.2 Å². The summed E-state index contributed by atoms with van der Waals surface area (Å²) in [6, 6.07) is 8.98. The quantitative estimate of drug-likeness (QED) is 0.0669. The van der Waals surface area contributed by atoms with Crippen molar-refractivity contribution < 1.29 is 38.1 Å². The van der Waals surface area contributed by atoms with E-state index in [-0.39, 0.29) is 42.1 Å². The number of unbranched alkanes of at least 4 members (excludes halogenated alkanes) is 6. The summed E-state index contributed by atoms with van der Waals surface area (Å²) in [5.41, 5.74) is 1.32. The van der Waals surface area contributed by atoms with E-state index in [1.807, 2.05) is 0 Å². The largest absolute Gasteiger partial charge is 0.465 e. The molecule has 2 rings (SSSR count). The van der Waals surface area contributed by atoms with Crippen molar-refractivity contribution >= 4 is 23.9 Å². The van der Waals surface area contributed by atoms with Gasteiger partial charge in [-0.05, 0) is 105 Å². The standard InChI is InChI=1S/C35H42O8/c1-5-8-11-14-17-41-33(37)29-21-26(20-28(24-29)32(36)40-4)27-22-30(34(38)42-18-15-12-9-6-2)25-31(23-27)35(39)43-19-16-13-10-7-3/h5-7,20-25H,1-3,8-19H2,4H3. The number of ether oxygens (including phenoxy) is 4. The zero-order chi connectivity index (χ0) is 31.5. The molecule has 0 amide bonds. The Bertz CT molecular complexity index is 1230. The first kappa shape index (κ1) is 34.7. The second-order valence-electron chi connectivity index (χ2n) is 9.85. The lowest BCUT2D eigenvalue weighted by molar-refractivity contribution is 0.0483. The molecule has 0 aliphatic carbocycles. The number of carbonyl (C=O) groups excluding carboxylic acids is 4. The van der Waals surface area contributed by atoms with Crippen LogP contribution < -0.4 is 0 Å². The van der Waals surface area contributed by atoms with E-state index in [1.165, 1.54) is 25.3 Å². The van der Waals surface area contributed by atoms with Crippen LogP contribution >= 0.6 is 0 Å². The SMILES string of the molecule is C=CCCCCOC(=O)c1cc(C(=O)OC)cc(-c2cc(C(=O)OCCCCC=C)cc(C(=O)OCCCCC=C)c2)c1. The molecule has 0 radical (unpaired) electrons. The summed E-state index contributed by atoms with van der Waals surface area (Å²) in [4.78, 5) is 51.4. The van der Waals surface area contributed by atoms with Crippen molar-refractivity contribution in [2.24, 2.45) is 0 Å². The lowest BCUT2D eigenvalue weighted by Crippen LogP contribution is -2.12. The van der Waals surface area contributed by atoms with Crippen molar-refractivity contribution in [1.29, 1.82) is 0 Å². The van der Waals surface area contributed by atoms with Crippen LogP contribution in [0.25, 0.3) is 11.1 Å². The predicted molar refractivity (Wildman–Crippen MR) is 166 cm³/mol. The number of carbonyl (C=O) groups is 4. The van der Waals surface area contributed by atoms with Gasteiger partial charge in [-0.25, -0.2) is 19.2 Å². The van der Waals surface area contributed by atoms with E-state index in [2.05, 4.69) is 19.7 Å². The fourth-order valence-electron chi connectivity index (χ4n) is 4.09. The molecule has 0 spiro atoms. The number of hydrogen-bond donors (Lipinski definition) is 0. The summed E-state index contributed by atoms with van der Waals surface area (Å²) >= 11 is 0. The molecule has 8 nitrogen and oxygen atoms in total. The van der Waals surface area contributed by atoms with Crippen molar-refractivity contribution in [3.8, 4) is 11.1 Å². The van der Waals surface area contributed by atoms with E-state index in [0.29, 0.717) is 30.4 Å². The third-order valence-electron chi connectivity index (χ3n) is 6.43. The van der Waals surface area contributed by atoms with Crippen LogP contribution in [0, 0.1) is 0 Å². The van der Waals surface area contributed by atoms with E-state index in [9.17, 15) is 19.2 Å². The van der Waals surface area contributed by atoms with Gasteiger partial charge in [-0.1, -0.05) is 18.2 Å². The molecule has 0 N–H and O–H groups in total. The Morgan fingerprint density at radius 2 is 0.814 bits per heavy atom. The maximum atomic E-state index is 13.0. The third-order valence-corrected chi connectivity index (χ3v) is 6.43. The summed E-state index contributed by atoms with van der Waals surface area (Å²) in [6.07, 6.45) is 12.3. The minimum Gasteiger partial charge on any atom is -0.465 e. The maximum absolute atomic E-state index is 13.0. The average Bonchev–Trinajstić information content (AvgIpc) is 3.03. The zero-order valence-corrected chi connectivity index (χ0v) is 25.1. The molecule has 0 saturated carbocycles. The molecule has 0 heterocycles. The molecule has 0 unspecified atom stereocenters. The molecule has 8 heteroatoms. The first-order valence-electron chi connectivity index (χ1n) is 14.6. The van der Waals surface area contributed by atoms with Gasteiger partial charge >= 0.3 is 23.9 Å². The first-order chi connectivity index (χ1) is 20.8. The number of allylic oxidation sites excluding steroid dienone is 3. The van der Waals surface area contributed by atoms with Gasteiger partial charge in [-0.15, -0.1) is 19.7 Å². The number of methoxy groups -OCH3 is 1. The molecule has 0 saturated heterocycles. The van der Waals surface area contributed by atoms with Crippen molar-refractivity contribution in [2.45, 2.75) is 57.8 Å². The van der Waals surface area contributed by atoms with Gasteiger partial charge < -0.3 is 18.9 Å². The molecule has 0 aromatic heterocycles. The number of rotatable bonds is 20. The summed E-state index contributed by atoms with van der Waals surface area (Å²) in [6.45, 7) is 11.7. The Hall–Kier alpha value is -4.46. The smallest absolute Gasteiger partial charge is 0.338 e. The molecule has 0 fully saturated rings. The van der Waals surface area contributed by atoms with Crippen LogP contribution in [-0.2, 0) is 18.9 Å². The first-order valence-corrected chi connectivity index (χ1v) is 14.6. The van der Waals surface area contributed by atoms with Gasteiger partial charge in [0.2, 0.25) is 0 Å². The van der Waals surface area contributed by atoms with Crippen molar-refractivity contribution in [3.63, 3.8) is 0 Å². The number of esters is 4. The van der Waals surface area contributed by atoms with Crippen LogP contribution in [-0.4, -0.2) is 50.8 Å². The normalized spacial score (nSPS) is 10.3. The molecule has 43 heavy (non-hydrogen) atoms. The zero-order valence-electron chi connectivity index (χ0n) is 25.1. The Kier molecular flexibility index (Phi) is 15.9. The van der Waals surface area contributed by atoms with E-state index in [4.69, 9.17) is 18.9 Å². The van der Waals surface area contributed by atoms with E-state index in [1.54, 1.807) is 36.4 Å². The van der Waals surface area contributed by atoms with E-state index >= 15 is 0 Å². The minimum atomic E-state index is -0.656. The minimum absolute atomic E-state index is 0.111. The van der Waals surface area contributed by atoms with Gasteiger partial charge in [-0.2, -0.15) is 0 Å². The predicted octanol–water partition coefficient (Wildman–Crippen LogP) is 7.68. The third kappa shape index (κ3) is 12.1. The van der Waals surface area contributed by atoms with Gasteiger partial charge in [-0.3, -0.25) is 0 Å². The molecule has 0 atom stereocenters. The lowest BCUT2D eigenvalue weighted by atomic mass is 9.96. The number of benzene rings is 2. The van der Waals surface area contributed by atoms with Crippen LogP contribution in [0.5, 0.6) is 0 Å². The van der Waals surface area contributed by atoms with Gasteiger partial charge in [0.05, 0.1) is 49.2 Å². The topological polar surface area (TPSA) is 105 Å². The molecule has 230 valence electrons. The fourth-order valence-corrected chi connectivity index (χ4v) is 4.09. The summed E-state index contributed by atoms with van der Waals surface area (Å²) in [5.74, 6) is -2.48.